The predicted octanol–water partition coefficient (Wildman–Crippen LogP) is 1.26. The van der Waals surface area contributed by atoms with Crippen LogP contribution < -0.4 is 0 Å². The molecule has 86 valence electrons. The Balaban J connectivity index is 3.00. The van der Waals surface area contributed by atoms with Gasteiger partial charge in [-0.1, -0.05) is 0 Å². The minimum absolute atomic E-state index is 0.0638. The summed E-state index contributed by atoms with van der Waals surface area (Å²) in [5.41, 5.74) is 0.214. The van der Waals surface area contributed by atoms with Gasteiger partial charge >= 0.3 is 5.97 Å². The molecular formula is C11H14N2O3. The molecule has 1 N–H and O–H groups in total. The van der Waals surface area contributed by atoms with Crippen LogP contribution in [-0.4, -0.2) is 40.0 Å². The van der Waals surface area contributed by atoms with Gasteiger partial charge in [0.15, 0.2) is 0 Å². The fourth-order valence-corrected chi connectivity index (χ4v) is 1.12. The van der Waals surface area contributed by atoms with Crippen LogP contribution in [0.2, 0.25) is 0 Å². The van der Waals surface area contributed by atoms with Crippen LogP contribution in [0, 0.1) is 0 Å². The quantitative estimate of drug-likeness (QED) is 0.835. The third-order valence-corrected chi connectivity index (χ3v) is 2.32. The van der Waals surface area contributed by atoms with Crippen molar-refractivity contribution in [2.24, 2.45) is 0 Å². The predicted molar refractivity (Wildman–Crippen MR) is 58.4 cm³/mol. The Morgan fingerprint density at radius 3 is 2.56 bits per heavy atom. The molecule has 1 heterocycles. The van der Waals surface area contributed by atoms with E-state index in [0.717, 1.165) is 0 Å². The number of amides is 1. The Morgan fingerprint density at radius 2 is 2.06 bits per heavy atom. The van der Waals surface area contributed by atoms with Gasteiger partial charge in [0.25, 0.3) is 5.91 Å². The molecule has 0 saturated carbocycles. The molecule has 5 heteroatoms. The van der Waals surface area contributed by atoms with Gasteiger partial charge < -0.3 is 10.0 Å². The van der Waals surface area contributed by atoms with Gasteiger partial charge in [-0.3, -0.25) is 4.79 Å². The van der Waals surface area contributed by atoms with E-state index < -0.39 is 5.97 Å². The molecule has 1 aromatic heterocycles. The van der Waals surface area contributed by atoms with Gasteiger partial charge in [0.2, 0.25) is 0 Å². The zero-order chi connectivity index (χ0) is 12.3. The monoisotopic (exact) mass is 222 g/mol. The minimum Gasteiger partial charge on any atom is -0.477 e. The number of nitrogens with zero attached hydrogens (tertiary/aromatic N) is 2. The summed E-state index contributed by atoms with van der Waals surface area (Å²) in [7, 11) is 1.67. The minimum atomic E-state index is -1.14. The second-order valence-corrected chi connectivity index (χ2v) is 3.74. The van der Waals surface area contributed by atoms with Crippen LogP contribution in [0.1, 0.15) is 34.7 Å². The van der Waals surface area contributed by atoms with E-state index in [1.54, 1.807) is 11.9 Å². The van der Waals surface area contributed by atoms with Crippen molar-refractivity contribution >= 4 is 11.9 Å². The molecule has 0 aliphatic rings. The van der Waals surface area contributed by atoms with Crippen LogP contribution in [0.25, 0.3) is 0 Å². The maximum atomic E-state index is 11.9. The van der Waals surface area contributed by atoms with Crippen molar-refractivity contribution in [2.45, 2.75) is 19.9 Å². The van der Waals surface area contributed by atoms with E-state index in [4.69, 9.17) is 5.11 Å². The zero-order valence-electron chi connectivity index (χ0n) is 9.47. The van der Waals surface area contributed by atoms with E-state index in [0.29, 0.717) is 5.56 Å². The van der Waals surface area contributed by atoms with E-state index in [1.165, 1.54) is 18.3 Å². The molecule has 1 rings (SSSR count). The van der Waals surface area contributed by atoms with Crippen LogP contribution in [-0.2, 0) is 0 Å². The van der Waals surface area contributed by atoms with E-state index in [9.17, 15) is 9.59 Å². The maximum absolute atomic E-state index is 11.9. The van der Waals surface area contributed by atoms with E-state index in [2.05, 4.69) is 4.98 Å². The van der Waals surface area contributed by atoms with Gasteiger partial charge in [-0.15, -0.1) is 0 Å². The highest BCUT2D eigenvalue weighted by Crippen LogP contribution is 2.07. The second-order valence-electron chi connectivity index (χ2n) is 3.74. The smallest absolute Gasteiger partial charge is 0.354 e. The molecule has 5 nitrogen and oxygen atoms in total. The molecular weight excluding hydrogens is 208 g/mol. The van der Waals surface area contributed by atoms with Crippen molar-refractivity contribution in [3.63, 3.8) is 0 Å². The molecule has 0 unspecified atom stereocenters. The number of rotatable bonds is 3. The fraction of sp³-hybridized carbons (Fsp3) is 0.364. The van der Waals surface area contributed by atoms with Crippen LogP contribution in [0.5, 0.6) is 0 Å². The SMILES string of the molecule is CC(C)N(C)C(=O)c1ccnc(C(=O)O)c1. The third kappa shape index (κ3) is 2.56. The molecule has 16 heavy (non-hydrogen) atoms. The number of hydrogen-bond donors (Lipinski definition) is 1. The largest absolute Gasteiger partial charge is 0.477 e. The molecule has 0 spiro atoms. The molecule has 0 fully saturated rings. The van der Waals surface area contributed by atoms with Crippen molar-refractivity contribution in [2.75, 3.05) is 7.05 Å². The highest BCUT2D eigenvalue weighted by atomic mass is 16.4. The number of carboxylic acid groups (broad SMARTS) is 1. The first kappa shape index (κ1) is 12.2. The van der Waals surface area contributed by atoms with Crippen molar-refractivity contribution in [3.05, 3.63) is 29.6 Å². The summed E-state index contributed by atoms with van der Waals surface area (Å²) >= 11 is 0. The molecule has 0 bridgehead atoms. The van der Waals surface area contributed by atoms with E-state index >= 15 is 0 Å². The lowest BCUT2D eigenvalue weighted by Gasteiger charge is -2.21. The number of carbonyl (C=O) groups is 2. The zero-order valence-corrected chi connectivity index (χ0v) is 9.47. The molecule has 0 aliphatic carbocycles. The first-order valence-corrected chi connectivity index (χ1v) is 4.90. The number of aromatic nitrogens is 1. The number of hydrogen-bond acceptors (Lipinski definition) is 3. The normalized spacial score (nSPS) is 10.2. The van der Waals surface area contributed by atoms with Gasteiger partial charge in [0.05, 0.1) is 0 Å². The summed E-state index contributed by atoms with van der Waals surface area (Å²) in [4.78, 5) is 27.8. The van der Waals surface area contributed by atoms with Gasteiger partial charge in [-0.05, 0) is 26.0 Å². The maximum Gasteiger partial charge on any atom is 0.354 e. The average Bonchev–Trinajstić information content (AvgIpc) is 2.27. The Kier molecular flexibility index (Phi) is 3.60. The summed E-state index contributed by atoms with van der Waals surface area (Å²) in [6.07, 6.45) is 1.32. The molecule has 0 aliphatic heterocycles. The van der Waals surface area contributed by atoms with Crippen LogP contribution >= 0.6 is 0 Å². The Morgan fingerprint density at radius 1 is 1.44 bits per heavy atom. The molecule has 0 radical (unpaired) electrons. The summed E-state index contributed by atoms with van der Waals surface area (Å²) in [5.74, 6) is -1.35. The van der Waals surface area contributed by atoms with Crippen molar-refractivity contribution in [1.29, 1.82) is 0 Å². The summed E-state index contributed by atoms with van der Waals surface area (Å²) in [5, 5.41) is 8.75. The van der Waals surface area contributed by atoms with Gasteiger partial charge in [-0.25, -0.2) is 9.78 Å². The highest BCUT2D eigenvalue weighted by molar-refractivity contribution is 5.96. The Hall–Kier alpha value is -1.91. The topological polar surface area (TPSA) is 70.5 Å². The van der Waals surface area contributed by atoms with Crippen LogP contribution in [0.3, 0.4) is 0 Å². The Bertz CT molecular complexity index is 415. The molecule has 1 aromatic rings. The number of carbonyl (C=O) groups excluding carboxylic acids is 1. The van der Waals surface area contributed by atoms with Crippen molar-refractivity contribution in [1.82, 2.24) is 9.88 Å². The Labute approximate surface area is 93.7 Å². The first-order valence-electron chi connectivity index (χ1n) is 4.90. The van der Waals surface area contributed by atoms with E-state index in [1.807, 2.05) is 13.8 Å². The van der Waals surface area contributed by atoms with E-state index in [-0.39, 0.29) is 17.6 Å². The lowest BCUT2D eigenvalue weighted by molar-refractivity contribution is 0.0690. The van der Waals surface area contributed by atoms with Gasteiger partial charge in [0, 0.05) is 24.8 Å². The van der Waals surface area contributed by atoms with Crippen molar-refractivity contribution in [3.8, 4) is 0 Å². The second kappa shape index (κ2) is 4.74. The molecule has 0 atom stereocenters. The summed E-state index contributed by atoms with van der Waals surface area (Å²) < 4.78 is 0. The van der Waals surface area contributed by atoms with Crippen LogP contribution in [0.4, 0.5) is 0 Å². The third-order valence-electron chi connectivity index (χ3n) is 2.32. The number of pyridine rings is 1. The molecule has 1 amide bonds. The number of carboxylic acids is 1. The number of aromatic carboxylic acids is 1. The lowest BCUT2D eigenvalue weighted by Crippen LogP contribution is -2.33. The molecule has 0 saturated heterocycles. The average molecular weight is 222 g/mol. The fourth-order valence-electron chi connectivity index (χ4n) is 1.12. The summed E-state index contributed by atoms with van der Waals surface area (Å²) in [6, 6.07) is 2.85. The molecule has 0 aromatic carbocycles. The standard InChI is InChI=1S/C11H14N2O3/c1-7(2)13(3)10(14)8-4-5-12-9(6-8)11(15)16/h4-7H,1-3H3,(H,15,16). The van der Waals surface area contributed by atoms with Crippen LogP contribution in [0.15, 0.2) is 18.3 Å². The van der Waals surface area contributed by atoms with Crippen molar-refractivity contribution < 1.29 is 14.7 Å². The first-order chi connectivity index (χ1) is 7.43. The van der Waals surface area contributed by atoms with Gasteiger partial charge in [0.1, 0.15) is 5.69 Å². The van der Waals surface area contributed by atoms with Gasteiger partial charge in [-0.2, -0.15) is 0 Å². The summed E-state index contributed by atoms with van der Waals surface area (Å²) in [6.45, 7) is 3.77. The highest BCUT2D eigenvalue weighted by Gasteiger charge is 2.16. The lowest BCUT2D eigenvalue weighted by atomic mass is 10.2.